The molecule has 0 bridgehead atoms. The zero-order chi connectivity index (χ0) is 20.5. The Morgan fingerprint density at radius 3 is 2.76 bits per heavy atom. The topological polar surface area (TPSA) is 80.6 Å². The number of piperazine rings is 1. The van der Waals surface area contributed by atoms with Crippen molar-refractivity contribution in [2.45, 2.75) is 30.3 Å². The van der Waals surface area contributed by atoms with Crippen molar-refractivity contribution in [3.05, 3.63) is 40.1 Å². The summed E-state index contributed by atoms with van der Waals surface area (Å²) in [6, 6.07) is 7.90. The minimum absolute atomic E-state index is 0.0524. The Bertz CT molecular complexity index is 928. The largest absolute Gasteiger partial charge is 0.450 e. The van der Waals surface area contributed by atoms with Gasteiger partial charge in [0.1, 0.15) is 11.1 Å². The molecule has 8 nitrogen and oxygen atoms in total. The van der Waals surface area contributed by atoms with Gasteiger partial charge in [-0.25, -0.2) is 9.78 Å². The fraction of sp³-hybridized carbons (Fsp3) is 0.474. The average molecular weight is 480 g/mol. The Hall–Kier alpha value is -1.91. The number of halogens is 1. The smallest absolute Gasteiger partial charge is 0.409 e. The van der Waals surface area contributed by atoms with Crippen LogP contribution in [0.2, 0.25) is 0 Å². The molecule has 0 saturated carbocycles. The van der Waals surface area contributed by atoms with Gasteiger partial charge in [0.25, 0.3) is 5.91 Å². The van der Waals surface area contributed by atoms with Crippen LogP contribution >= 0.6 is 27.7 Å². The number of hydrogen-bond acceptors (Lipinski definition) is 7. The molecule has 2 atom stereocenters. The van der Waals surface area contributed by atoms with Crippen LogP contribution in [0.4, 0.5) is 4.79 Å². The van der Waals surface area contributed by atoms with Crippen molar-refractivity contribution < 1.29 is 14.3 Å². The second-order valence-electron chi connectivity index (χ2n) is 6.95. The van der Waals surface area contributed by atoms with Crippen molar-refractivity contribution in [1.82, 2.24) is 24.6 Å². The van der Waals surface area contributed by atoms with E-state index in [1.165, 1.54) is 16.4 Å². The first-order valence-electron chi connectivity index (χ1n) is 9.53. The van der Waals surface area contributed by atoms with Crippen LogP contribution in [0.25, 0.3) is 0 Å². The summed E-state index contributed by atoms with van der Waals surface area (Å²) in [5, 5.41) is 4.56. The lowest BCUT2D eigenvalue weighted by atomic mass is 10.00. The number of aromatic nitrogens is 3. The van der Waals surface area contributed by atoms with Crippen molar-refractivity contribution in [3.63, 3.8) is 0 Å². The molecule has 1 aromatic carbocycles. The van der Waals surface area contributed by atoms with E-state index in [9.17, 15) is 9.59 Å². The zero-order valence-electron chi connectivity index (χ0n) is 16.2. The molecule has 2 aliphatic heterocycles. The van der Waals surface area contributed by atoms with Gasteiger partial charge in [-0.1, -0.05) is 39.8 Å². The van der Waals surface area contributed by atoms with E-state index in [1.54, 1.807) is 18.7 Å². The van der Waals surface area contributed by atoms with Gasteiger partial charge in [-0.15, -0.1) is 5.10 Å². The molecule has 2 unspecified atom stereocenters. The quantitative estimate of drug-likeness (QED) is 0.666. The highest BCUT2D eigenvalue weighted by molar-refractivity contribution is 9.10. The molecule has 1 fully saturated rings. The molecule has 2 aliphatic rings. The Balaban J connectivity index is 1.59. The monoisotopic (exact) mass is 479 g/mol. The van der Waals surface area contributed by atoms with Gasteiger partial charge in [0, 0.05) is 30.7 Å². The van der Waals surface area contributed by atoms with Crippen LogP contribution in [0.15, 0.2) is 33.9 Å². The molecule has 1 saturated heterocycles. The third-order valence-electron chi connectivity index (χ3n) is 5.08. The zero-order valence-corrected chi connectivity index (χ0v) is 18.6. The van der Waals surface area contributed by atoms with Crippen molar-refractivity contribution in [2.75, 3.05) is 32.8 Å². The van der Waals surface area contributed by atoms with Crippen LogP contribution in [-0.2, 0) is 4.74 Å². The molecular formula is C19H22BrN5O3S. The van der Waals surface area contributed by atoms with E-state index in [0.29, 0.717) is 43.8 Å². The van der Waals surface area contributed by atoms with Gasteiger partial charge in [0.15, 0.2) is 5.16 Å². The van der Waals surface area contributed by atoms with Crippen LogP contribution in [-0.4, -0.2) is 74.6 Å². The van der Waals surface area contributed by atoms with Crippen LogP contribution < -0.4 is 0 Å². The van der Waals surface area contributed by atoms with E-state index < -0.39 is 0 Å². The maximum absolute atomic E-state index is 13.1. The number of rotatable bonds is 4. The summed E-state index contributed by atoms with van der Waals surface area (Å²) >= 11 is 5.01. The molecule has 1 amide bonds. The van der Waals surface area contributed by atoms with Crippen molar-refractivity contribution >= 4 is 39.7 Å². The Morgan fingerprint density at radius 2 is 2.10 bits per heavy atom. The maximum atomic E-state index is 13.1. The first-order valence-corrected chi connectivity index (χ1v) is 11.2. The fourth-order valence-electron chi connectivity index (χ4n) is 3.76. The molecule has 10 heteroatoms. The number of carbonyl (C=O) groups is 2. The van der Waals surface area contributed by atoms with Gasteiger partial charge in [0.2, 0.25) is 0 Å². The summed E-state index contributed by atoms with van der Waals surface area (Å²) in [4.78, 5) is 33.5. The number of fused-ring (bicyclic) bond motifs is 1. The van der Waals surface area contributed by atoms with Crippen molar-refractivity contribution in [3.8, 4) is 0 Å². The summed E-state index contributed by atoms with van der Waals surface area (Å²) in [7, 11) is 0. The third kappa shape index (κ3) is 4.06. The van der Waals surface area contributed by atoms with Gasteiger partial charge in [0.05, 0.1) is 12.6 Å². The SMILES string of the molecule is CCOC(=O)N1CCN(C(c2cccc(Br)c2)C2Sc3nc(C)nn3C2=O)CC1. The molecule has 0 radical (unpaired) electrons. The Kier molecular flexibility index (Phi) is 5.93. The van der Waals surface area contributed by atoms with Crippen LogP contribution in [0.5, 0.6) is 0 Å². The third-order valence-corrected chi connectivity index (χ3v) is 6.76. The Labute approximate surface area is 181 Å². The van der Waals surface area contributed by atoms with Gasteiger partial charge in [-0.2, -0.15) is 4.68 Å². The van der Waals surface area contributed by atoms with E-state index in [2.05, 4.69) is 37.0 Å². The predicted octanol–water partition coefficient (Wildman–Crippen LogP) is 2.98. The summed E-state index contributed by atoms with van der Waals surface area (Å²) in [5.41, 5.74) is 1.05. The number of amides is 1. The average Bonchev–Trinajstić information content (AvgIpc) is 3.20. The summed E-state index contributed by atoms with van der Waals surface area (Å²) < 4.78 is 7.51. The summed E-state index contributed by atoms with van der Waals surface area (Å²) in [6.45, 7) is 6.41. The van der Waals surface area contributed by atoms with Crippen LogP contribution in [0, 0.1) is 6.92 Å². The number of hydrogen-bond donors (Lipinski definition) is 0. The van der Waals surface area contributed by atoms with Gasteiger partial charge < -0.3 is 9.64 Å². The summed E-state index contributed by atoms with van der Waals surface area (Å²) in [6.07, 6.45) is -0.280. The maximum Gasteiger partial charge on any atom is 0.409 e. The van der Waals surface area contributed by atoms with Crippen molar-refractivity contribution in [2.24, 2.45) is 0 Å². The molecule has 4 rings (SSSR count). The lowest BCUT2D eigenvalue weighted by molar-refractivity contribution is 0.0600. The van der Waals surface area contributed by atoms with Crippen LogP contribution in [0.3, 0.4) is 0 Å². The number of nitrogens with zero attached hydrogens (tertiary/aromatic N) is 5. The molecule has 29 heavy (non-hydrogen) atoms. The minimum atomic E-state index is -0.339. The first kappa shape index (κ1) is 20.4. The van der Waals surface area contributed by atoms with E-state index in [1.807, 2.05) is 18.2 Å². The number of carbonyl (C=O) groups excluding carboxylic acids is 2. The molecule has 154 valence electrons. The van der Waals surface area contributed by atoms with Crippen LogP contribution in [0.1, 0.15) is 29.1 Å². The molecule has 2 aromatic rings. The van der Waals surface area contributed by atoms with Gasteiger partial charge in [-0.3, -0.25) is 9.69 Å². The van der Waals surface area contributed by atoms with E-state index in [4.69, 9.17) is 4.74 Å². The minimum Gasteiger partial charge on any atom is -0.450 e. The van der Waals surface area contributed by atoms with Gasteiger partial charge >= 0.3 is 6.09 Å². The number of thioether (sulfide) groups is 1. The van der Waals surface area contributed by atoms with Gasteiger partial charge in [-0.05, 0) is 31.5 Å². The van der Waals surface area contributed by atoms with E-state index >= 15 is 0 Å². The second-order valence-corrected chi connectivity index (χ2v) is 8.98. The predicted molar refractivity (Wildman–Crippen MR) is 112 cm³/mol. The normalized spacial score (nSPS) is 20.6. The van der Waals surface area contributed by atoms with E-state index in [0.717, 1.165) is 10.0 Å². The molecule has 3 heterocycles. The van der Waals surface area contributed by atoms with Crippen molar-refractivity contribution in [1.29, 1.82) is 0 Å². The first-order chi connectivity index (χ1) is 14.0. The highest BCUT2D eigenvalue weighted by Crippen LogP contribution is 2.41. The fourth-order valence-corrected chi connectivity index (χ4v) is 5.48. The highest BCUT2D eigenvalue weighted by atomic mass is 79.9. The summed E-state index contributed by atoms with van der Waals surface area (Å²) in [5.74, 6) is 0.546. The second kappa shape index (κ2) is 8.45. The number of benzene rings is 1. The molecule has 0 spiro atoms. The molecule has 0 N–H and O–H groups in total. The number of aryl methyl sites for hydroxylation is 1. The molecule has 1 aromatic heterocycles. The molecule has 0 aliphatic carbocycles. The standard InChI is InChI=1S/C19H22BrN5O3S/c1-3-28-19(27)24-9-7-23(8-10-24)15(13-5-4-6-14(20)11-13)16-17(26)25-18(29-16)21-12(2)22-25/h4-6,11,15-16H,3,7-10H2,1-2H3. The van der Waals surface area contributed by atoms with E-state index in [-0.39, 0.29) is 23.3 Å². The Morgan fingerprint density at radius 1 is 1.34 bits per heavy atom. The number of ether oxygens (including phenoxy) is 1. The molecular weight excluding hydrogens is 458 g/mol. The highest BCUT2D eigenvalue weighted by Gasteiger charge is 2.43. The lowest BCUT2D eigenvalue weighted by Gasteiger charge is -2.40. The lowest BCUT2D eigenvalue weighted by Crippen LogP contribution is -2.52.